The van der Waals surface area contributed by atoms with Crippen molar-refractivity contribution < 1.29 is 22.7 Å². The molecule has 0 saturated heterocycles. The van der Waals surface area contributed by atoms with Crippen LogP contribution in [-0.2, 0) is 4.74 Å². The molecule has 0 fully saturated rings. The van der Waals surface area contributed by atoms with E-state index in [1.54, 1.807) is 78.9 Å². The van der Waals surface area contributed by atoms with Gasteiger partial charge in [-0.3, -0.25) is 10.2 Å². The number of carbonyl (C=O) groups excluding carboxylic acids is 1. The predicted octanol–water partition coefficient (Wildman–Crippen LogP) is 5.41. The fourth-order valence-electron chi connectivity index (χ4n) is 3.34. The van der Waals surface area contributed by atoms with Crippen molar-refractivity contribution in [3.63, 3.8) is 0 Å². The monoisotopic (exact) mass is 398 g/mol. The van der Waals surface area contributed by atoms with E-state index < -0.39 is 24.9 Å². The van der Waals surface area contributed by atoms with Crippen LogP contribution in [0.25, 0.3) is 11.1 Å². The second-order valence-electron chi connectivity index (χ2n) is 6.56. The quantitative estimate of drug-likeness (QED) is 0.639. The van der Waals surface area contributed by atoms with Crippen molar-refractivity contribution in [3.8, 4) is 11.1 Å². The number of nitrogens with one attached hydrogen (secondary N) is 1. The van der Waals surface area contributed by atoms with E-state index in [1.807, 2.05) is 0 Å². The highest BCUT2D eigenvalue weighted by Crippen LogP contribution is 2.39. The Balaban J connectivity index is 1.85. The number of halogens is 3. The number of fused-ring (bicyclic) bond motifs is 3. The van der Waals surface area contributed by atoms with Gasteiger partial charge in [-0.25, -0.2) is 5.01 Å². The molecule has 4 nitrogen and oxygen atoms in total. The molecule has 3 aromatic rings. The molecule has 1 aliphatic heterocycles. The fraction of sp³-hybridized carbons (Fsp3) is 0.136. The van der Waals surface area contributed by atoms with Crippen LogP contribution < -0.4 is 5.43 Å². The highest BCUT2D eigenvalue weighted by molar-refractivity contribution is 6.03. The van der Waals surface area contributed by atoms with Crippen LogP contribution in [0.4, 0.5) is 18.9 Å². The Hall–Kier alpha value is -3.32. The molecule has 0 aromatic heterocycles. The van der Waals surface area contributed by atoms with Crippen LogP contribution in [0.15, 0.2) is 78.9 Å². The lowest BCUT2D eigenvalue weighted by Crippen LogP contribution is -2.41. The van der Waals surface area contributed by atoms with Gasteiger partial charge in [0, 0.05) is 11.1 Å². The molecule has 1 atom stereocenters. The number of benzene rings is 3. The molecule has 3 aromatic carbocycles. The number of carbonyl (C=O) groups is 1. The van der Waals surface area contributed by atoms with Gasteiger partial charge in [-0.15, -0.1) is 0 Å². The van der Waals surface area contributed by atoms with E-state index in [1.165, 1.54) is 0 Å². The fourth-order valence-corrected chi connectivity index (χ4v) is 3.34. The Bertz CT molecular complexity index is 1020. The molecule has 0 spiro atoms. The first-order valence-corrected chi connectivity index (χ1v) is 8.96. The first-order chi connectivity index (χ1) is 13.9. The van der Waals surface area contributed by atoms with Gasteiger partial charge >= 0.3 is 6.18 Å². The van der Waals surface area contributed by atoms with Gasteiger partial charge in [-0.2, -0.15) is 13.2 Å². The second kappa shape index (κ2) is 7.60. The van der Waals surface area contributed by atoms with E-state index in [-0.39, 0.29) is 0 Å². The van der Waals surface area contributed by atoms with Crippen LogP contribution in [0.1, 0.15) is 22.1 Å². The smallest absolute Gasteiger partial charge is 0.343 e. The molecule has 1 heterocycles. The van der Waals surface area contributed by atoms with Crippen molar-refractivity contribution in [3.05, 3.63) is 90.0 Å². The van der Waals surface area contributed by atoms with E-state index in [9.17, 15) is 18.0 Å². The number of rotatable bonds is 4. The zero-order chi connectivity index (χ0) is 20.4. The van der Waals surface area contributed by atoms with Crippen molar-refractivity contribution in [1.82, 2.24) is 5.01 Å². The Kier molecular flexibility index (Phi) is 4.98. The lowest BCUT2D eigenvalue weighted by Gasteiger charge is -2.32. The summed E-state index contributed by atoms with van der Waals surface area (Å²) in [5.41, 5.74) is 5.63. The second-order valence-corrected chi connectivity index (χ2v) is 6.56. The maximum absolute atomic E-state index is 13.3. The largest absolute Gasteiger partial charge is 0.411 e. The minimum atomic E-state index is -4.53. The van der Waals surface area contributed by atoms with Gasteiger partial charge in [0.2, 0.25) is 0 Å². The average Bonchev–Trinajstić information content (AvgIpc) is 2.81. The molecular formula is C22H17F3N2O2. The van der Waals surface area contributed by atoms with Gasteiger partial charge in [-0.05, 0) is 29.3 Å². The van der Waals surface area contributed by atoms with Crippen LogP contribution in [0.5, 0.6) is 0 Å². The van der Waals surface area contributed by atoms with Crippen molar-refractivity contribution >= 4 is 11.6 Å². The topological polar surface area (TPSA) is 41.6 Å². The summed E-state index contributed by atoms with van der Waals surface area (Å²) >= 11 is 0. The van der Waals surface area contributed by atoms with Crippen molar-refractivity contribution in [2.45, 2.75) is 12.4 Å². The number of hydrazine groups is 1. The van der Waals surface area contributed by atoms with E-state index in [2.05, 4.69) is 5.43 Å². The number of nitrogens with zero attached hydrogens (tertiary/aromatic N) is 1. The van der Waals surface area contributed by atoms with Crippen LogP contribution in [-0.4, -0.2) is 23.7 Å². The summed E-state index contributed by atoms with van der Waals surface area (Å²) in [6.07, 6.45) is -5.80. The number of anilines is 1. The summed E-state index contributed by atoms with van der Waals surface area (Å²) in [7, 11) is 0. The summed E-state index contributed by atoms with van der Waals surface area (Å²) in [6, 6.07) is 22.6. The highest BCUT2D eigenvalue weighted by Gasteiger charge is 2.37. The van der Waals surface area contributed by atoms with Crippen molar-refractivity contribution in [1.29, 1.82) is 0 Å². The van der Waals surface area contributed by atoms with Gasteiger partial charge in [0.05, 0.1) is 5.69 Å². The molecule has 1 N–H and O–H groups in total. The number of para-hydroxylation sites is 1. The van der Waals surface area contributed by atoms with E-state index in [4.69, 9.17) is 4.74 Å². The number of hydrogen-bond donors (Lipinski definition) is 1. The number of amides is 1. The van der Waals surface area contributed by atoms with Crippen molar-refractivity contribution in [2.75, 3.05) is 12.0 Å². The van der Waals surface area contributed by atoms with Gasteiger partial charge in [0.15, 0.2) is 6.23 Å². The highest BCUT2D eigenvalue weighted by atomic mass is 19.4. The normalized spacial score (nSPS) is 16.0. The summed E-state index contributed by atoms with van der Waals surface area (Å²) in [5.74, 6) is -0.479. The number of alkyl halides is 3. The van der Waals surface area contributed by atoms with Crippen LogP contribution >= 0.6 is 0 Å². The minimum absolute atomic E-state index is 0.376. The molecule has 7 heteroatoms. The van der Waals surface area contributed by atoms with Crippen LogP contribution in [0.3, 0.4) is 0 Å². The Morgan fingerprint density at radius 2 is 1.41 bits per heavy atom. The molecule has 0 saturated carbocycles. The van der Waals surface area contributed by atoms with Crippen LogP contribution in [0, 0.1) is 0 Å². The molecule has 4 rings (SSSR count). The van der Waals surface area contributed by atoms with Crippen LogP contribution in [0.2, 0.25) is 0 Å². The Morgan fingerprint density at radius 1 is 0.828 bits per heavy atom. The van der Waals surface area contributed by atoms with Gasteiger partial charge in [0.25, 0.3) is 5.91 Å². The molecule has 0 aliphatic carbocycles. The molecular weight excluding hydrogens is 381 g/mol. The summed E-state index contributed by atoms with van der Waals surface area (Å²) in [5, 5.41) is 1.12. The third-order valence-electron chi connectivity index (χ3n) is 4.56. The van der Waals surface area contributed by atoms with Gasteiger partial charge in [0.1, 0.15) is 6.61 Å². The van der Waals surface area contributed by atoms with E-state index in [0.29, 0.717) is 27.9 Å². The Morgan fingerprint density at radius 3 is 2.10 bits per heavy atom. The summed E-state index contributed by atoms with van der Waals surface area (Å²) in [4.78, 5) is 13.3. The van der Waals surface area contributed by atoms with Crippen molar-refractivity contribution in [2.24, 2.45) is 0 Å². The average molecular weight is 398 g/mol. The lowest BCUT2D eigenvalue weighted by molar-refractivity contribution is -0.198. The van der Waals surface area contributed by atoms with E-state index >= 15 is 0 Å². The summed E-state index contributed by atoms with van der Waals surface area (Å²) < 4.78 is 44.1. The molecule has 0 bridgehead atoms. The molecule has 0 unspecified atom stereocenters. The molecule has 1 amide bonds. The van der Waals surface area contributed by atoms with Gasteiger partial charge in [-0.1, -0.05) is 60.7 Å². The lowest BCUT2D eigenvalue weighted by atomic mass is 9.96. The first-order valence-electron chi connectivity index (χ1n) is 8.96. The third kappa shape index (κ3) is 3.95. The zero-order valence-electron chi connectivity index (χ0n) is 15.2. The third-order valence-corrected chi connectivity index (χ3v) is 4.56. The number of hydrogen-bond acceptors (Lipinski definition) is 3. The zero-order valence-corrected chi connectivity index (χ0v) is 15.2. The maximum atomic E-state index is 13.3. The first kappa shape index (κ1) is 19.0. The summed E-state index contributed by atoms with van der Waals surface area (Å²) in [6.45, 7) is -1.48. The minimum Gasteiger partial charge on any atom is -0.343 e. The maximum Gasteiger partial charge on any atom is 0.411 e. The Labute approximate surface area is 165 Å². The SMILES string of the molecule is O=C1c2ccccc2-c2ccccc2[C@H](OCC(F)(F)F)N1Nc1ccccc1. The number of ether oxygens (including phenoxy) is 1. The standard InChI is InChI=1S/C22H17F3N2O2/c23-22(24,25)14-29-21-19-13-7-5-11-17(19)16-10-4-6-12-18(16)20(28)27(21)26-15-8-2-1-3-9-15/h1-13,21,26H,14H2/t21-/m0/s1. The van der Waals surface area contributed by atoms with E-state index in [0.717, 1.165) is 5.01 Å². The predicted molar refractivity (Wildman–Crippen MR) is 103 cm³/mol. The molecule has 1 aliphatic rings. The molecule has 0 radical (unpaired) electrons. The van der Waals surface area contributed by atoms with Gasteiger partial charge < -0.3 is 4.74 Å². The molecule has 148 valence electrons. The molecule has 29 heavy (non-hydrogen) atoms.